The summed E-state index contributed by atoms with van der Waals surface area (Å²) in [5.41, 5.74) is 15.6. The Morgan fingerprint density at radius 2 is 0.605 bits per heavy atom. The van der Waals surface area contributed by atoms with Crippen LogP contribution in [0.3, 0.4) is 0 Å². The van der Waals surface area contributed by atoms with Gasteiger partial charge in [0.2, 0.25) is 0 Å². The van der Waals surface area contributed by atoms with E-state index in [1.165, 1.54) is 11.1 Å². The van der Waals surface area contributed by atoms with Crippen LogP contribution in [0.15, 0.2) is 194 Å². The summed E-state index contributed by atoms with van der Waals surface area (Å²) >= 11 is 0. The van der Waals surface area contributed by atoms with Gasteiger partial charge in [0.15, 0.2) is 11.6 Å². The van der Waals surface area contributed by atoms with E-state index >= 15 is 0 Å². The lowest BCUT2D eigenvalue weighted by Crippen LogP contribution is -2.10. The number of aromatic nitrogens is 6. The Morgan fingerprint density at radius 1 is 0.303 bits per heavy atom. The Kier molecular flexibility index (Phi) is 9.38. The number of rotatable bonds is 2. The lowest BCUT2D eigenvalue weighted by Gasteiger charge is -2.19. The summed E-state index contributed by atoms with van der Waals surface area (Å²) < 4.78 is 0. The second-order valence-electron chi connectivity index (χ2n) is 22.9. The zero-order chi connectivity index (χ0) is 51.2. The van der Waals surface area contributed by atoms with Crippen molar-refractivity contribution in [3.63, 3.8) is 0 Å². The number of fused-ring (bicyclic) bond motifs is 24. The summed E-state index contributed by atoms with van der Waals surface area (Å²) in [5, 5.41) is 13.2. The van der Waals surface area contributed by atoms with Crippen molar-refractivity contribution >= 4 is 87.0 Å². The van der Waals surface area contributed by atoms with Gasteiger partial charge in [0.25, 0.3) is 0 Å². The summed E-state index contributed by atoms with van der Waals surface area (Å²) in [5.74, 6) is 1.20. The van der Waals surface area contributed by atoms with Crippen LogP contribution in [0.5, 0.6) is 0 Å². The van der Waals surface area contributed by atoms with Crippen molar-refractivity contribution in [2.24, 2.45) is 0 Å². The van der Waals surface area contributed by atoms with E-state index in [0.717, 1.165) is 143 Å². The molecule has 0 radical (unpaired) electrons. The monoisotopic (exact) mass is 976 g/mol. The van der Waals surface area contributed by atoms with Gasteiger partial charge in [-0.15, -0.1) is 0 Å². The first-order chi connectivity index (χ1) is 36.9. The third kappa shape index (κ3) is 6.94. The summed E-state index contributed by atoms with van der Waals surface area (Å²) in [6, 6.07) is 71.1. The number of hydrogen-bond acceptors (Lipinski definition) is 4. The Hall–Kier alpha value is -9.26. The van der Waals surface area contributed by atoms with Gasteiger partial charge >= 0.3 is 0 Å². The van der Waals surface area contributed by atoms with Crippen LogP contribution in [0, 0.1) is 0 Å². The first kappa shape index (κ1) is 44.2. The fraction of sp³-hybridized carbons (Fsp3) is 0.114. The molecule has 0 aliphatic carbocycles. The minimum atomic E-state index is -0.0493. The van der Waals surface area contributed by atoms with Gasteiger partial charge in [0.1, 0.15) is 11.3 Å². The summed E-state index contributed by atoms with van der Waals surface area (Å²) in [7, 11) is 0. The molecule has 0 saturated carbocycles. The van der Waals surface area contributed by atoms with Crippen LogP contribution >= 0.6 is 0 Å². The molecule has 0 atom stereocenters. The SMILES string of the molecule is CC(C)(C)c1ccc(-c2c3nc(c(-c4ccc(C(C)(C)C)cc4)c4[nH]c(nc5nc(nc6[nH]c2c2cc7ccccc7cc62)-c2cc6ccccc6cc2-5)c2cc5ccccc5cc42)-c2cc4ccccc4cc2-3)cc1. The van der Waals surface area contributed by atoms with Crippen molar-refractivity contribution in [1.82, 2.24) is 29.9 Å². The Morgan fingerprint density at radius 3 is 0.934 bits per heavy atom. The third-order valence-electron chi connectivity index (χ3n) is 16.0. The van der Waals surface area contributed by atoms with E-state index in [2.05, 4.69) is 246 Å². The highest BCUT2D eigenvalue weighted by Gasteiger charge is 2.29. The number of H-pyrrole nitrogens is 2. The Labute approximate surface area is 439 Å². The van der Waals surface area contributed by atoms with E-state index in [4.69, 9.17) is 19.9 Å². The molecule has 13 aromatic rings. The van der Waals surface area contributed by atoms with E-state index in [-0.39, 0.29) is 10.8 Å². The number of benzene rings is 10. The van der Waals surface area contributed by atoms with Crippen molar-refractivity contribution in [1.29, 1.82) is 0 Å². The predicted molar refractivity (Wildman–Crippen MR) is 319 cm³/mol. The van der Waals surface area contributed by atoms with Crippen LogP contribution in [0.25, 0.3) is 155 Å². The third-order valence-corrected chi connectivity index (χ3v) is 16.0. The molecule has 362 valence electrons. The molecule has 2 N–H and O–H groups in total. The van der Waals surface area contributed by atoms with E-state index in [1.54, 1.807) is 0 Å². The highest BCUT2D eigenvalue weighted by atomic mass is 15.0. The quantitative estimate of drug-likeness (QED) is 0.181. The topological polar surface area (TPSA) is 83.1 Å². The minimum absolute atomic E-state index is 0.0493. The van der Waals surface area contributed by atoms with Gasteiger partial charge in [-0.05, 0) is 125 Å². The molecule has 0 saturated heterocycles. The Bertz CT molecular complexity index is 4510. The van der Waals surface area contributed by atoms with Crippen LogP contribution in [-0.4, -0.2) is 29.9 Å². The van der Waals surface area contributed by atoms with Gasteiger partial charge < -0.3 is 9.97 Å². The molecule has 0 spiro atoms. The van der Waals surface area contributed by atoms with Crippen LogP contribution in [0.1, 0.15) is 52.7 Å². The van der Waals surface area contributed by atoms with Gasteiger partial charge in [0, 0.05) is 54.9 Å². The Balaban J connectivity index is 1.22. The molecule has 3 aromatic heterocycles. The van der Waals surface area contributed by atoms with Crippen molar-refractivity contribution in [2.75, 3.05) is 0 Å². The molecule has 15 rings (SSSR count). The molecule has 6 heteroatoms. The number of hydrogen-bond donors (Lipinski definition) is 2. The minimum Gasteiger partial charge on any atom is -0.339 e. The largest absolute Gasteiger partial charge is 0.339 e. The first-order valence-corrected chi connectivity index (χ1v) is 26.4. The van der Waals surface area contributed by atoms with E-state index in [9.17, 15) is 0 Å². The molecule has 8 bridgehead atoms. The molecule has 0 unspecified atom stereocenters. The van der Waals surface area contributed by atoms with Crippen LogP contribution in [0.2, 0.25) is 0 Å². The van der Waals surface area contributed by atoms with Gasteiger partial charge in [-0.1, -0.05) is 187 Å². The maximum Gasteiger partial charge on any atom is 0.164 e. The van der Waals surface area contributed by atoms with E-state index < -0.39 is 0 Å². The molecule has 2 aliphatic heterocycles. The van der Waals surface area contributed by atoms with Gasteiger partial charge in [-0.3, -0.25) is 0 Å². The lowest BCUT2D eigenvalue weighted by molar-refractivity contribution is 0.590. The average Bonchev–Trinajstić information content (AvgIpc) is 4.32. The van der Waals surface area contributed by atoms with Crippen LogP contribution < -0.4 is 0 Å². The van der Waals surface area contributed by atoms with Crippen LogP contribution in [-0.2, 0) is 10.8 Å². The summed E-state index contributed by atoms with van der Waals surface area (Å²) in [4.78, 5) is 30.9. The first-order valence-electron chi connectivity index (χ1n) is 26.4. The highest BCUT2D eigenvalue weighted by molar-refractivity contribution is 6.20. The highest BCUT2D eigenvalue weighted by Crippen LogP contribution is 2.50. The molecule has 0 fully saturated rings. The molecular formula is C70H52N6. The zero-order valence-corrected chi connectivity index (χ0v) is 43.3. The van der Waals surface area contributed by atoms with Crippen molar-refractivity contribution in [2.45, 2.75) is 52.4 Å². The molecule has 76 heavy (non-hydrogen) atoms. The van der Waals surface area contributed by atoms with Gasteiger partial charge in [0.05, 0.1) is 22.4 Å². The maximum absolute atomic E-state index is 6.11. The van der Waals surface area contributed by atoms with E-state index in [0.29, 0.717) is 11.6 Å². The van der Waals surface area contributed by atoms with Crippen LogP contribution in [0.4, 0.5) is 0 Å². The standard InChI is InChI=1S/C70H52N6/c1-69(2,3)49-27-23-39(24-28-49)59-61-51-31-41-15-7-8-16-42(41)32-52(51)62(71-61)60(40-25-29-50(30-26-40)70(4,5)6)64-54-34-44-18-10-12-20-46(44)36-56(54)66(73-64)75-68-58-38-48-22-14-13-21-47(48)37-57(58)67(76-68)74-65-55-35-45-19-11-9-17-43(45)33-53(55)63(59)72-65/h7-38H,1-6H3,(H2,72,73,74,75,76). The van der Waals surface area contributed by atoms with Crippen molar-refractivity contribution in [3.05, 3.63) is 205 Å². The fourth-order valence-electron chi connectivity index (χ4n) is 11.9. The fourth-order valence-corrected chi connectivity index (χ4v) is 11.9. The van der Waals surface area contributed by atoms with E-state index in [1.807, 2.05) is 0 Å². The molecule has 6 nitrogen and oxygen atoms in total. The number of nitrogens with zero attached hydrogens (tertiary/aromatic N) is 4. The average molecular weight is 977 g/mol. The zero-order valence-electron chi connectivity index (χ0n) is 43.3. The predicted octanol–water partition coefficient (Wildman–Crippen LogP) is 18.6. The molecule has 2 aliphatic rings. The number of aromatic amines is 2. The van der Waals surface area contributed by atoms with Crippen molar-refractivity contribution < 1.29 is 0 Å². The van der Waals surface area contributed by atoms with Gasteiger partial charge in [-0.2, -0.15) is 0 Å². The molecule has 0 amide bonds. The summed E-state index contributed by atoms with van der Waals surface area (Å²) in [6.45, 7) is 13.6. The second-order valence-corrected chi connectivity index (χ2v) is 22.9. The lowest BCUT2D eigenvalue weighted by atomic mass is 9.85. The molecular weight excluding hydrogens is 925 g/mol. The molecule has 10 aromatic carbocycles. The van der Waals surface area contributed by atoms with Gasteiger partial charge in [-0.25, -0.2) is 19.9 Å². The van der Waals surface area contributed by atoms with Crippen molar-refractivity contribution in [3.8, 4) is 67.5 Å². The molecule has 5 heterocycles. The normalized spacial score (nSPS) is 12.6. The maximum atomic E-state index is 6.11. The summed E-state index contributed by atoms with van der Waals surface area (Å²) in [6.07, 6.45) is 0. The number of nitrogens with one attached hydrogen (secondary N) is 2. The smallest absolute Gasteiger partial charge is 0.164 e. The second kappa shape index (κ2) is 16.1.